The van der Waals surface area contributed by atoms with Crippen LogP contribution in [0.4, 0.5) is 4.39 Å². The van der Waals surface area contributed by atoms with Gasteiger partial charge in [0.1, 0.15) is 18.2 Å². The number of hydrogen-bond donors (Lipinski definition) is 0. The number of ether oxygens (including phenoxy) is 1. The number of amides is 1. The minimum absolute atomic E-state index is 0.161. The van der Waals surface area contributed by atoms with E-state index in [1.54, 1.807) is 12.1 Å². The van der Waals surface area contributed by atoms with Gasteiger partial charge < -0.3 is 4.74 Å². The third-order valence-electron chi connectivity index (χ3n) is 4.82. The number of carbonyl (C=O) groups is 1. The van der Waals surface area contributed by atoms with Crippen LogP contribution in [0.1, 0.15) is 22.5 Å². The summed E-state index contributed by atoms with van der Waals surface area (Å²) in [7, 11) is 0. The van der Waals surface area contributed by atoms with E-state index in [4.69, 9.17) is 17.0 Å². The van der Waals surface area contributed by atoms with Crippen molar-refractivity contribution in [3.8, 4) is 5.75 Å². The van der Waals surface area contributed by atoms with Gasteiger partial charge in [-0.25, -0.2) is 4.39 Å². The van der Waals surface area contributed by atoms with Crippen LogP contribution in [0.25, 0.3) is 6.08 Å². The second kappa shape index (κ2) is 9.51. The number of halogens is 3. The SMILES string of the molecule is Cc1ccc(C)n1N1C(=O)/C(=C\c2cc(Br)c(OCc3ccc(F)cc3)c(Br)c2)SC1=S. The molecule has 0 atom stereocenters. The molecule has 0 unspecified atom stereocenters. The van der Waals surface area contributed by atoms with Gasteiger partial charge in [0.2, 0.25) is 0 Å². The van der Waals surface area contributed by atoms with Crippen molar-refractivity contribution < 1.29 is 13.9 Å². The zero-order valence-electron chi connectivity index (χ0n) is 17.1. The highest BCUT2D eigenvalue weighted by Gasteiger charge is 2.34. The summed E-state index contributed by atoms with van der Waals surface area (Å²) in [6, 6.07) is 13.8. The molecule has 4 rings (SSSR count). The molecule has 164 valence electrons. The van der Waals surface area contributed by atoms with Crippen molar-refractivity contribution in [3.63, 3.8) is 0 Å². The zero-order valence-corrected chi connectivity index (χ0v) is 21.9. The molecule has 9 heteroatoms. The van der Waals surface area contributed by atoms with E-state index in [0.29, 0.717) is 21.6 Å². The average molecular weight is 596 g/mol. The van der Waals surface area contributed by atoms with Crippen LogP contribution in [-0.2, 0) is 11.4 Å². The fourth-order valence-electron chi connectivity index (χ4n) is 3.30. The predicted octanol–water partition coefficient (Wildman–Crippen LogP) is 6.89. The standard InChI is InChI=1S/C23H17Br2FN2O2S2/c1-13-3-4-14(2)27(13)28-22(29)20(32-23(28)31)11-16-9-18(24)21(19(25)10-16)30-12-15-5-7-17(26)8-6-15/h3-11H,12H2,1-2H3/b20-11+. The summed E-state index contributed by atoms with van der Waals surface area (Å²) >= 11 is 13.8. The van der Waals surface area contributed by atoms with Crippen molar-refractivity contribution in [1.82, 2.24) is 4.68 Å². The number of hydrogen-bond acceptors (Lipinski definition) is 4. The first-order valence-corrected chi connectivity index (χ1v) is 12.3. The molecular weight excluding hydrogens is 579 g/mol. The van der Waals surface area contributed by atoms with Crippen LogP contribution in [-0.4, -0.2) is 14.9 Å². The molecule has 0 radical (unpaired) electrons. The van der Waals surface area contributed by atoms with Gasteiger partial charge in [-0.15, -0.1) is 0 Å². The zero-order chi connectivity index (χ0) is 23.0. The van der Waals surface area contributed by atoms with Crippen LogP contribution in [0, 0.1) is 19.7 Å². The van der Waals surface area contributed by atoms with Gasteiger partial charge in [0.25, 0.3) is 5.91 Å². The molecule has 1 aliphatic rings. The second-order valence-corrected chi connectivity index (χ2v) is 10.5. The van der Waals surface area contributed by atoms with Crippen LogP contribution in [0.5, 0.6) is 5.75 Å². The molecule has 1 saturated heterocycles. The summed E-state index contributed by atoms with van der Waals surface area (Å²) in [4.78, 5) is 13.6. The van der Waals surface area contributed by atoms with Crippen LogP contribution >= 0.6 is 55.8 Å². The highest BCUT2D eigenvalue weighted by atomic mass is 79.9. The Hall–Kier alpha value is -1.94. The number of carbonyl (C=O) groups excluding carboxylic acids is 1. The van der Waals surface area contributed by atoms with E-state index in [1.165, 1.54) is 28.9 Å². The lowest BCUT2D eigenvalue weighted by Gasteiger charge is -2.20. The molecule has 2 heterocycles. The number of aromatic nitrogens is 1. The molecule has 3 aromatic rings. The lowest BCUT2D eigenvalue weighted by atomic mass is 10.2. The van der Waals surface area contributed by atoms with Gasteiger partial charge in [0, 0.05) is 11.4 Å². The van der Waals surface area contributed by atoms with Gasteiger partial charge in [-0.2, -0.15) is 5.01 Å². The van der Waals surface area contributed by atoms with Gasteiger partial charge >= 0.3 is 0 Å². The maximum atomic E-state index is 13.1. The van der Waals surface area contributed by atoms with E-state index in [-0.39, 0.29) is 11.7 Å². The van der Waals surface area contributed by atoms with Crippen LogP contribution in [0.2, 0.25) is 0 Å². The second-order valence-electron chi connectivity index (χ2n) is 7.15. The Morgan fingerprint density at radius 3 is 2.25 bits per heavy atom. The van der Waals surface area contributed by atoms with Crippen LogP contribution < -0.4 is 9.75 Å². The van der Waals surface area contributed by atoms with Crippen LogP contribution in [0.15, 0.2) is 62.4 Å². The molecule has 1 aliphatic heterocycles. The van der Waals surface area contributed by atoms with E-state index in [1.807, 2.05) is 48.9 Å². The van der Waals surface area contributed by atoms with E-state index in [2.05, 4.69) is 31.9 Å². The van der Waals surface area contributed by atoms with E-state index >= 15 is 0 Å². The monoisotopic (exact) mass is 594 g/mol. The predicted molar refractivity (Wildman–Crippen MR) is 138 cm³/mol. The van der Waals surface area contributed by atoms with Crippen molar-refractivity contribution in [3.05, 3.63) is 90.7 Å². The Bertz CT molecular complexity index is 1210. The van der Waals surface area contributed by atoms with Gasteiger partial charge in [-0.3, -0.25) is 9.47 Å². The summed E-state index contributed by atoms with van der Waals surface area (Å²) < 4.78 is 22.8. The van der Waals surface area contributed by atoms with Crippen molar-refractivity contribution in [2.45, 2.75) is 20.5 Å². The lowest BCUT2D eigenvalue weighted by Crippen LogP contribution is -2.39. The van der Waals surface area contributed by atoms with Gasteiger partial charge in [0.05, 0.1) is 13.9 Å². The number of benzene rings is 2. The Morgan fingerprint density at radius 1 is 1.06 bits per heavy atom. The smallest absolute Gasteiger partial charge is 0.285 e. The summed E-state index contributed by atoms with van der Waals surface area (Å²) in [6.45, 7) is 4.17. The highest BCUT2D eigenvalue weighted by Crippen LogP contribution is 2.38. The quantitative estimate of drug-likeness (QED) is 0.238. The van der Waals surface area contributed by atoms with Crippen molar-refractivity contribution in [2.75, 3.05) is 5.01 Å². The fraction of sp³-hybridized carbons (Fsp3) is 0.130. The maximum absolute atomic E-state index is 13.1. The molecule has 32 heavy (non-hydrogen) atoms. The maximum Gasteiger partial charge on any atom is 0.285 e. The number of thiocarbonyl (C=S) groups is 1. The summed E-state index contributed by atoms with van der Waals surface area (Å²) in [5.41, 5.74) is 3.55. The Labute approximate surface area is 211 Å². The van der Waals surface area contributed by atoms with Gasteiger partial charge in [-0.1, -0.05) is 23.9 Å². The van der Waals surface area contributed by atoms with Gasteiger partial charge in [-0.05, 0) is 112 Å². The lowest BCUT2D eigenvalue weighted by molar-refractivity contribution is -0.114. The number of rotatable bonds is 5. The average Bonchev–Trinajstić information content (AvgIpc) is 3.20. The van der Waals surface area contributed by atoms with Crippen molar-refractivity contribution in [1.29, 1.82) is 0 Å². The number of thioether (sulfide) groups is 1. The fourth-order valence-corrected chi connectivity index (χ4v) is 5.99. The topological polar surface area (TPSA) is 34.5 Å². The van der Waals surface area contributed by atoms with E-state index in [9.17, 15) is 9.18 Å². The summed E-state index contributed by atoms with van der Waals surface area (Å²) in [5, 5.41) is 1.53. The number of aryl methyl sites for hydroxylation is 2. The minimum atomic E-state index is -0.284. The van der Waals surface area contributed by atoms with Gasteiger partial charge in [0.15, 0.2) is 4.32 Å². The Morgan fingerprint density at radius 2 is 1.66 bits per heavy atom. The Balaban J connectivity index is 1.56. The van der Waals surface area contributed by atoms with Crippen molar-refractivity contribution in [2.24, 2.45) is 0 Å². The first-order chi connectivity index (χ1) is 15.2. The van der Waals surface area contributed by atoms with Crippen LogP contribution in [0.3, 0.4) is 0 Å². The third kappa shape index (κ3) is 4.71. The molecule has 0 aliphatic carbocycles. The normalized spacial score (nSPS) is 15.2. The molecule has 1 amide bonds. The highest BCUT2D eigenvalue weighted by molar-refractivity contribution is 9.11. The Kier molecular flexibility index (Phi) is 6.90. The third-order valence-corrected chi connectivity index (χ3v) is 7.28. The first kappa shape index (κ1) is 23.2. The molecule has 0 N–H and O–H groups in total. The summed E-state index contributed by atoms with van der Waals surface area (Å²) in [6.07, 6.45) is 1.81. The largest absolute Gasteiger partial charge is 0.487 e. The molecule has 0 bridgehead atoms. The molecule has 0 spiro atoms. The first-order valence-electron chi connectivity index (χ1n) is 9.54. The minimum Gasteiger partial charge on any atom is -0.487 e. The molecular formula is C23H17Br2FN2O2S2. The molecule has 1 aromatic heterocycles. The van der Waals surface area contributed by atoms with E-state index in [0.717, 1.165) is 31.5 Å². The number of nitrogens with zero attached hydrogens (tertiary/aromatic N) is 2. The van der Waals surface area contributed by atoms with E-state index < -0.39 is 0 Å². The molecule has 0 saturated carbocycles. The molecule has 1 fully saturated rings. The molecule has 2 aromatic carbocycles. The summed E-state index contributed by atoms with van der Waals surface area (Å²) in [5.74, 6) is 0.178. The van der Waals surface area contributed by atoms with Crippen molar-refractivity contribution >= 4 is 72.1 Å². The molecule has 4 nitrogen and oxygen atoms in total.